The Hall–Kier alpha value is -2.22. The first-order valence-corrected chi connectivity index (χ1v) is 9.64. The Morgan fingerprint density at radius 2 is 1.81 bits per heavy atom. The average molecular weight is 415 g/mol. The van der Waals surface area contributed by atoms with Gasteiger partial charge >= 0.3 is 0 Å². The van der Waals surface area contributed by atoms with Crippen LogP contribution in [-0.2, 0) is 14.8 Å². The average Bonchev–Trinajstić information content (AvgIpc) is 2.61. The molecule has 0 saturated heterocycles. The molecule has 2 aromatic rings. The van der Waals surface area contributed by atoms with Gasteiger partial charge in [-0.2, -0.15) is 0 Å². The highest BCUT2D eigenvalue weighted by molar-refractivity contribution is 7.92. The molecule has 1 amide bonds. The topological polar surface area (TPSA) is 84.5 Å². The molecule has 26 heavy (non-hydrogen) atoms. The number of benzene rings is 2. The second kappa shape index (κ2) is 8.93. The van der Waals surface area contributed by atoms with Crippen molar-refractivity contribution >= 4 is 44.8 Å². The Balaban J connectivity index is 2.02. The van der Waals surface area contributed by atoms with Crippen molar-refractivity contribution < 1.29 is 17.9 Å². The second-order valence-corrected chi connectivity index (χ2v) is 7.58. The lowest BCUT2D eigenvalue weighted by Gasteiger charge is -2.10. The van der Waals surface area contributed by atoms with Gasteiger partial charge in [0, 0.05) is 6.54 Å². The van der Waals surface area contributed by atoms with Gasteiger partial charge in [-0.3, -0.25) is 9.52 Å². The molecule has 0 unspecified atom stereocenters. The zero-order chi connectivity index (χ0) is 19.2. The largest absolute Gasteiger partial charge is 0.484 e. The monoisotopic (exact) mass is 414 g/mol. The molecule has 0 saturated carbocycles. The van der Waals surface area contributed by atoms with Crippen LogP contribution in [-0.4, -0.2) is 27.5 Å². The molecule has 2 rings (SSSR count). The van der Waals surface area contributed by atoms with Crippen LogP contribution in [0.4, 0.5) is 5.69 Å². The lowest BCUT2D eigenvalue weighted by atomic mass is 10.3. The van der Waals surface area contributed by atoms with Gasteiger partial charge in [0.05, 0.1) is 20.6 Å². The molecular weight excluding hydrogens is 399 g/mol. The number of carbonyl (C=O) groups is 1. The van der Waals surface area contributed by atoms with E-state index < -0.39 is 10.0 Å². The number of hydrogen-bond acceptors (Lipinski definition) is 4. The maximum atomic E-state index is 12.4. The van der Waals surface area contributed by atoms with Gasteiger partial charge in [0.2, 0.25) is 0 Å². The Morgan fingerprint density at radius 3 is 2.42 bits per heavy atom. The van der Waals surface area contributed by atoms with Crippen molar-refractivity contribution in [2.75, 3.05) is 17.9 Å². The molecule has 0 aliphatic carbocycles. The summed E-state index contributed by atoms with van der Waals surface area (Å²) in [4.78, 5) is 11.5. The fraction of sp³-hybridized carbons (Fsp3) is 0.118. The van der Waals surface area contributed by atoms with Crippen molar-refractivity contribution in [1.82, 2.24) is 5.32 Å². The highest BCUT2D eigenvalue weighted by atomic mass is 35.5. The van der Waals surface area contributed by atoms with Crippen LogP contribution in [0.25, 0.3) is 0 Å². The quantitative estimate of drug-likeness (QED) is 0.647. The third-order valence-electron chi connectivity index (χ3n) is 3.12. The summed E-state index contributed by atoms with van der Waals surface area (Å²) >= 11 is 11.7. The van der Waals surface area contributed by atoms with Crippen LogP contribution in [0.5, 0.6) is 5.75 Å². The Morgan fingerprint density at radius 1 is 1.12 bits per heavy atom. The summed E-state index contributed by atoms with van der Waals surface area (Å²) in [6, 6.07) is 10.1. The van der Waals surface area contributed by atoms with Gasteiger partial charge in [0.1, 0.15) is 5.75 Å². The Labute approximate surface area is 161 Å². The van der Waals surface area contributed by atoms with Gasteiger partial charge in [-0.05, 0) is 42.5 Å². The van der Waals surface area contributed by atoms with Gasteiger partial charge in [-0.25, -0.2) is 8.42 Å². The molecule has 0 aromatic heterocycles. The minimum atomic E-state index is -3.80. The number of anilines is 1. The number of nitrogens with one attached hydrogen (secondary N) is 2. The number of hydrogen-bond donors (Lipinski definition) is 2. The summed E-state index contributed by atoms with van der Waals surface area (Å²) in [6.07, 6.45) is 1.55. The minimum absolute atomic E-state index is 0.0343. The van der Waals surface area contributed by atoms with Crippen LogP contribution in [0.1, 0.15) is 0 Å². The predicted octanol–water partition coefficient (Wildman–Crippen LogP) is 3.48. The van der Waals surface area contributed by atoms with Crippen LogP contribution >= 0.6 is 23.2 Å². The number of carbonyl (C=O) groups excluding carboxylic acids is 1. The summed E-state index contributed by atoms with van der Waals surface area (Å²) in [5, 5.41) is 3.13. The third-order valence-corrected chi connectivity index (χ3v) is 5.26. The Kier molecular flexibility index (Phi) is 6.90. The van der Waals surface area contributed by atoms with E-state index in [0.29, 0.717) is 23.0 Å². The van der Waals surface area contributed by atoms with Crippen molar-refractivity contribution in [3.05, 3.63) is 65.2 Å². The highest BCUT2D eigenvalue weighted by Crippen LogP contribution is 2.26. The van der Waals surface area contributed by atoms with E-state index in [4.69, 9.17) is 27.9 Å². The first kappa shape index (κ1) is 20.1. The number of halogens is 2. The van der Waals surface area contributed by atoms with Crippen molar-refractivity contribution in [1.29, 1.82) is 0 Å². The van der Waals surface area contributed by atoms with Crippen molar-refractivity contribution in [3.63, 3.8) is 0 Å². The number of amides is 1. The summed E-state index contributed by atoms with van der Waals surface area (Å²) in [7, 11) is -3.80. The van der Waals surface area contributed by atoms with E-state index >= 15 is 0 Å². The molecule has 0 fully saturated rings. The maximum Gasteiger partial charge on any atom is 0.261 e. The lowest BCUT2D eigenvalue weighted by Crippen LogP contribution is -2.28. The first-order chi connectivity index (χ1) is 12.3. The first-order valence-electron chi connectivity index (χ1n) is 7.40. The summed E-state index contributed by atoms with van der Waals surface area (Å²) in [5.41, 5.74) is 0.290. The van der Waals surface area contributed by atoms with Gasteiger partial charge in [-0.15, -0.1) is 6.58 Å². The molecule has 0 bridgehead atoms. The fourth-order valence-corrected chi connectivity index (χ4v) is 3.22. The molecule has 0 atom stereocenters. The maximum absolute atomic E-state index is 12.4. The molecule has 0 spiro atoms. The zero-order valence-corrected chi connectivity index (χ0v) is 15.9. The van der Waals surface area contributed by atoms with E-state index in [9.17, 15) is 13.2 Å². The van der Waals surface area contributed by atoms with E-state index in [0.717, 1.165) is 0 Å². The number of ether oxygens (including phenoxy) is 1. The summed E-state index contributed by atoms with van der Waals surface area (Å²) in [5.74, 6) is 0.0649. The Bertz CT molecular complexity index is 899. The minimum Gasteiger partial charge on any atom is -0.484 e. The predicted molar refractivity (Wildman–Crippen MR) is 102 cm³/mol. The van der Waals surface area contributed by atoms with E-state index in [1.165, 1.54) is 42.5 Å². The standard InChI is InChI=1S/C17H16Cl2N2O4S/c1-2-9-20-17(22)11-25-13-4-6-14(7-5-13)26(23,24)21-12-3-8-15(18)16(19)10-12/h2-8,10,21H,1,9,11H2,(H,20,22). The molecule has 0 heterocycles. The molecular formula is C17H16Cl2N2O4S. The normalized spacial score (nSPS) is 10.8. The number of sulfonamides is 1. The smallest absolute Gasteiger partial charge is 0.261 e. The molecule has 0 aliphatic rings. The van der Waals surface area contributed by atoms with E-state index in [-0.39, 0.29) is 22.4 Å². The van der Waals surface area contributed by atoms with Gasteiger partial charge in [0.25, 0.3) is 15.9 Å². The third kappa shape index (κ3) is 5.66. The van der Waals surface area contributed by atoms with Crippen LogP contribution in [0.15, 0.2) is 60.0 Å². The van der Waals surface area contributed by atoms with Gasteiger partial charge < -0.3 is 10.1 Å². The van der Waals surface area contributed by atoms with E-state index in [2.05, 4.69) is 16.6 Å². The van der Waals surface area contributed by atoms with Crippen LogP contribution in [0.2, 0.25) is 10.0 Å². The van der Waals surface area contributed by atoms with Gasteiger partial charge in [-0.1, -0.05) is 29.3 Å². The van der Waals surface area contributed by atoms with Crippen LogP contribution in [0, 0.1) is 0 Å². The number of rotatable bonds is 8. The van der Waals surface area contributed by atoms with E-state index in [1.54, 1.807) is 6.08 Å². The second-order valence-electron chi connectivity index (χ2n) is 5.09. The van der Waals surface area contributed by atoms with Crippen molar-refractivity contribution in [3.8, 4) is 5.75 Å². The molecule has 0 aliphatic heterocycles. The molecule has 2 N–H and O–H groups in total. The molecule has 138 valence electrons. The van der Waals surface area contributed by atoms with E-state index in [1.807, 2.05) is 0 Å². The fourth-order valence-electron chi connectivity index (χ4n) is 1.87. The molecule has 9 heteroatoms. The lowest BCUT2D eigenvalue weighted by molar-refractivity contribution is -0.122. The zero-order valence-electron chi connectivity index (χ0n) is 13.5. The summed E-state index contributed by atoms with van der Waals surface area (Å²) < 4.78 is 32.5. The highest BCUT2D eigenvalue weighted by Gasteiger charge is 2.15. The van der Waals surface area contributed by atoms with Crippen molar-refractivity contribution in [2.45, 2.75) is 4.90 Å². The van der Waals surface area contributed by atoms with Crippen molar-refractivity contribution in [2.24, 2.45) is 0 Å². The SMILES string of the molecule is C=CCNC(=O)COc1ccc(S(=O)(=O)Nc2ccc(Cl)c(Cl)c2)cc1. The van der Waals surface area contributed by atoms with Crippen LogP contribution < -0.4 is 14.8 Å². The molecule has 6 nitrogen and oxygen atoms in total. The van der Waals surface area contributed by atoms with Crippen LogP contribution in [0.3, 0.4) is 0 Å². The summed E-state index contributed by atoms with van der Waals surface area (Å²) in [6.45, 7) is 3.66. The molecule has 0 radical (unpaired) electrons. The van der Waals surface area contributed by atoms with Gasteiger partial charge in [0.15, 0.2) is 6.61 Å². The molecule has 2 aromatic carbocycles.